The van der Waals surface area contributed by atoms with Gasteiger partial charge in [-0.25, -0.2) is 0 Å². The number of amides is 1. The summed E-state index contributed by atoms with van der Waals surface area (Å²) in [5.41, 5.74) is 2.48. The van der Waals surface area contributed by atoms with Gasteiger partial charge in [0, 0.05) is 43.1 Å². The number of rotatable bonds is 3. The van der Waals surface area contributed by atoms with Gasteiger partial charge < -0.3 is 24.6 Å². The number of likely N-dealkylation sites (N-methyl/N-ethyl adjacent to an activating group) is 1. The minimum Gasteiger partial charge on any atom is -0.486 e. The van der Waals surface area contributed by atoms with Gasteiger partial charge in [0.1, 0.15) is 13.2 Å². The van der Waals surface area contributed by atoms with Gasteiger partial charge in [-0.3, -0.25) is 10.1 Å². The van der Waals surface area contributed by atoms with E-state index >= 15 is 0 Å². The summed E-state index contributed by atoms with van der Waals surface area (Å²) in [6.07, 6.45) is 0. The highest BCUT2D eigenvalue weighted by Gasteiger charge is 2.16. The maximum atomic E-state index is 12.5. The number of piperazine rings is 1. The van der Waals surface area contributed by atoms with Gasteiger partial charge in [0.05, 0.1) is 0 Å². The quantitative estimate of drug-likeness (QED) is 0.750. The van der Waals surface area contributed by atoms with E-state index in [0.29, 0.717) is 30.3 Å². The molecular weight excluding hydrogens is 388 g/mol. The van der Waals surface area contributed by atoms with Crippen LogP contribution >= 0.6 is 12.2 Å². The number of hydrogen-bond donors (Lipinski definition) is 2. The average molecular weight is 413 g/mol. The summed E-state index contributed by atoms with van der Waals surface area (Å²) in [6.45, 7) is 5.16. The third-order valence-corrected chi connectivity index (χ3v) is 5.23. The smallest absolute Gasteiger partial charge is 0.257 e. The average Bonchev–Trinajstić information content (AvgIpc) is 2.74. The predicted octanol–water partition coefficient (Wildman–Crippen LogP) is 2.34. The molecule has 0 aromatic heterocycles. The van der Waals surface area contributed by atoms with Crippen molar-refractivity contribution in [1.82, 2.24) is 10.2 Å². The number of thiocarbonyl (C=S) groups is 1. The van der Waals surface area contributed by atoms with E-state index < -0.39 is 0 Å². The van der Waals surface area contributed by atoms with Crippen molar-refractivity contribution < 1.29 is 14.3 Å². The van der Waals surface area contributed by atoms with Gasteiger partial charge in [-0.2, -0.15) is 0 Å². The zero-order chi connectivity index (χ0) is 20.2. The Kier molecular flexibility index (Phi) is 5.82. The molecule has 7 nitrogen and oxygen atoms in total. The molecule has 2 heterocycles. The second-order valence-corrected chi connectivity index (χ2v) is 7.51. The Bertz CT molecular complexity index is 895. The van der Waals surface area contributed by atoms with E-state index in [1.54, 1.807) is 18.2 Å². The van der Waals surface area contributed by atoms with Crippen LogP contribution in [-0.2, 0) is 0 Å². The molecule has 1 saturated heterocycles. The van der Waals surface area contributed by atoms with Crippen LogP contribution in [0.25, 0.3) is 0 Å². The molecule has 2 aromatic rings. The molecule has 8 heteroatoms. The second-order valence-electron chi connectivity index (χ2n) is 7.10. The minimum absolute atomic E-state index is 0.247. The second kappa shape index (κ2) is 8.67. The molecular formula is C21H24N4O3S. The largest absolute Gasteiger partial charge is 0.486 e. The molecule has 0 radical (unpaired) electrons. The lowest BCUT2D eigenvalue weighted by Crippen LogP contribution is -2.44. The van der Waals surface area contributed by atoms with Crippen molar-refractivity contribution >= 4 is 34.6 Å². The summed E-state index contributed by atoms with van der Waals surface area (Å²) in [4.78, 5) is 17.2. The molecule has 0 spiro atoms. The summed E-state index contributed by atoms with van der Waals surface area (Å²) < 4.78 is 11.0. The highest BCUT2D eigenvalue weighted by molar-refractivity contribution is 7.80. The van der Waals surface area contributed by atoms with Gasteiger partial charge in [-0.15, -0.1) is 0 Å². The molecule has 1 fully saturated rings. The summed E-state index contributed by atoms with van der Waals surface area (Å²) in [5, 5.41) is 6.01. The van der Waals surface area contributed by atoms with Crippen LogP contribution in [0, 0.1) is 0 Å². The van der Waals surface area contributed by atoms with E-state index in [-0.39, 0.29) is 11.0 Å². The Morgan fingerprint density at radius 1 is 0.966 bits per heavy atom. The molecule has 2 aliphatic rings. The maximum Gasteiger partial charge on any atom is 0.257 e. The van der Waals surface area contributed by atoms with Crippen molar-refractivity contribution in [3.8, 4) is 11.5 Å². The Morgan fingerprint density at radius 2 is 1.66 bits per heavy atom. The Hall–Kier alpha value is -2.84. The zero-order valence-electron chi connectivity index (χ0n) is 16.3. The normalized spacial score (nSPS) is 16.2. The van der Waals surface area contributed by atoms with Gasteiger partial charge in [0.25, 0.3) is 5.91 Å². The van der Waals surface area contributed by atoms with Crippen molar-refractivity contribution in [2.45, 2.75) is 0 Å². The number of carbonyl (C=O) groups is 1. The number of nitrogens with one attached hydrogen (secondary N) is 2. The summed E-state index contributed by atoms with van der Waals surface area (Å²) in [5.74, 6) is 0.921. The lowest BCUT2D eigenvalue weighted by Gasteiger charge is -2.34. The molecule has 2 aromatic carbocycles. The van der Waals surface area contributed by atoms with Crippen molar-refractivity contribution in [2.24, 2.45) is 0 Å². The molecule has 2 N–H and O–H groups in total. The Balaban J connectivity index is 1.33. The predicted molar refractivity (Wildman–Crippen MR) is 117 cm³/mol. The lowest BCUT2D eigenvalue weighted by atomic mass is 10.2. The highest BCUT2D eigenvalue weighted by Crippen LogP contribution is 2.30. The maximum absolute atomic E-state index is 12.5. The van der Waals surface area contributed by atoms with Crippen molar-refractivity contribution in [3.05, 3.63) is 48.0 Å². The monoisotopic (exact) mass is 412 g/mol. The van der Waals surface area contributed by atoms with E-state index in [4.69, 9.17) is 21.7 Å². The highest BCUT2D eigenvalue weighted by atomic mass is 32.1. The lowest BCUT2D eigenvalue weighted by molar-refractivity contribution is 0.0976. The fraction of sp³-hybridized carbons (Fsp3) is 0.333. The van der Waals surface area contributed by atoms with Gasteiger partial charge in [-0.05, 0) is 61.7 Å². The molecule has 2 aliphatic heterocycles. The van der Waals surface area contributed by atoms with E-state index in [1.807, 2.05) is 12.1 Å². The first kappa shape index (κ1) is 19.5. The van der Waals surface area contributed by atoms with Crippen LogP contribution in [0.1, 0.15) is 10.4 Å². The summed E-state index contributed by atoms with van der Waals surface area (Å²) in [7, 11) is 2.14. The van der Waals surface area contributed by atoms with Crippen LogP contribution in [0.2, 0.25) is 0 Å². The molecule has 4 rings (SSSR count). The van der Waals surface area contributed by atoms with E-state index in [0.717, 1.165) is 31.9 Å². The third kappa shape index (κ3) is 4.78. The van der Waals surface area contributed by atoms with Crippen LogP contribution in [-0.4, -0.2) is 62.4 Å². The number of carbonyl (C=O) groups excluding carboxylic acids is 1. The molecule has 152 valence electrons. The van der Waals surface area contributed by atoms with E-state index in [2.05, 4.69) is 39.6 Å². The van der Waals surface area contributed by atoms with Gasteiger partial charge in [0.15, 0.2) is 16.6 Å². The molecule has 0 unspecified atom stereocenters. The van der Waals surface area contributed by atoms with Gasteiger partial charge >= 0.3 is 0 Å². The van der Waals surface area contributed by atoms with Crippen LogP contribution in [0.5, 0.6) is 11.5 Å². The van der Waals surface area contributed by atoms with Crippen molar-refractivity contribution in [2.75, 3.05) is 56.7 Å². The Morgan fingerprint density at radius 3 is 2.38 bits per heavy atom. The zero-order valence-corrected chi connectivity index (χ0v) is 17.1. The molecule has 0 aliphatic carbocycles. The molecule has 0 atom stereocenters. The first-order valence-electron chi connectivity index (χ1n) is 9.64. The van der Waals surface area contributed by atoms with Gasteiger partial charge in [-0.1, -0.05) is 0 Å². The first-order chi connectivity index (χ1) is 14.1. The minimum atomic E-state index is -0.298. The topological polar surface area (TPSA) is 66.1 Å². The van der Waals surface area contributed by atoms with Crippen LogP contribution in [0.3, 0.4) is 0 Å². The van der Waals surface area contributed by atoms with E-state index in [9.17, 15) is 4.79 Å². The molecule has 29 heavy (non-hydrogen) atoms. The summed E-state index contributed by atoms with van der Waals surface area (Å²) >= 11 is 5.29. The van der Waals surface area contributed by atoms with E-state index in [1.165, 1.54) is 5.69 Å². The Labute approximate surface area is 175 Å². The fourth-order valence-electron chi connectivity index (χ4n) is 3.34. The van der Waals surface area contributed by atoms with Crippen LogP contribution < -0.4 is 25.0 Å². The standard InChI is InChI=1S/C21H24N4O3S/c1-24-8-10-25(11-9-24)17-5-3-16(4-6-17)22-21(29)23-20(26)15-2-7-18-19(14-15)28-13-12-27-18/h2-7,14H,8-13H2,1H3,(H2,22,23,26,29). The van der Waals surface area contributed by atoms with Crippen molar-refractivity contribution in [1.29, 1.82) is 0 Å². The van der Waals surface area contributed by atoms with Crippen LogP contribution in [0.15, 0.2) is 42.5 Å². The third-order valence-electron chi connectivity index (χ3n) is 5.03. The van der Waals surface area contributed by atoms with Crippen molar-refractivity contribution in [3.63, 3.8) is 0 Å². The number of hydrogen-bond acceptors (Lipinski definition) is 6. The molecule has 0 bridgehead atoms. The fourth-order valence-corrected chi connectivity index (χ4v) is 3.55. The number of benzene rings is 2. The molecule has 1 amide bonds. The molecule has 0 saturated carbocycles. The summed E-state index contributed by atoms with van der Waals surface area (Å²) in [6, 6.07) is 13.2. The number of fused-ring (bicyclic) bond motifs is 1. The number of anilines is 2. The van der Waals surface area contributed by atoms with Crippen LogP contribution in [0.4, 0.5) is 11.4 Å². The number of nitrogens with zero attached hydrogens (tertiary/aromatic N) is 2. The SMILES string of the molecule is CN1CCN(c2ccc(NC(=S)NC(=O)c3ccc4c(c3)OCCO4)cc2)CC1. The van der Waals surface area contributed by atoms with Gasteiger partial charge in [0.2, 0.25) is 0 Å². The number of ether oxygens (including phenoxy) is 2. The first-order valence-corrected chi connectivity index (χ1v) is 10.0.